The lowest BCUT2D eigenvalue weighted by Gasteiger charge is -2.15. The van der Waals surface area contributed by atoms with Crippen molar-refractivity contribution >= 4 is 15.7 Å². The third kappa shape index (κ3) is 4.64. The molecule has 3 aromatic carbocycles. The Balaban J connectivity index is 1.76. The quantitative estimate of drug-likeness (QED) is 0.675. The molecule has 0 saturated carbocycles. The molecule has 6 heteroatoms. The molecule has 0 radical (unpaired) electrons. The van der Waals surface area contributed by atoms with Crippen molar-refractivity contribution < 1.29 is 17.6 Å². The van der Waals surface area contributed by atoms with Gasteiger partial charge in [-0.3, -0.25) is 4.79 Å². The van der Waals surface area contributed by atoms with Crippen LogP contribution in [-0.4, -0.2) is 14.3 Å². The minimum absolute atomic E-state index is 0.207. The van der Waals surface area contributed by atoms with Crippen LogP contribution in [0.25, 0.3) is 0 Å². The molecule has 4 nitrogen and oxygen atoms in total. The number of nitrogens with one attached hydrogen (secondary N) is 1. The maximum absolute atomic E-state index is 13.9. The predicted octanol–water partition coefficient (Wildman–Crippen LogP) is 4.29. The monoisotopic (exact) mass is 397 g/mol. The Morgan fingerprint density at radius 1 is 0.964 bits per heavy atom. The highest BCUT2D eigenvalue weighted by atomic mass is 32.2. The molecule has 1 atom stereocenters. The van der Waals surface area contributed by atoms with E-state index in [-0.39, 0.29) is 10.6 Å². The highest BCUT2D eigenvalue weighted by Crippen LogP contribution is 2.19. The van der Waals surface area contributed by atoms with Gasteiger partial charge in [0, 0.05) is 11.1 Å². The van der Waals surface area contributed by atoms with Gasteiger partial charge >= 0.3 is 0 Å². The SMILES string of the molecule is C[C@@H](NC(=O)c1cccc(CS(=O)(=O)c2ccccc2)c1)c1ccccc1F. The molecule has 1 N–H and O–H groups in total. The molecule has 0 heterocycles. The Morgan fingerprint density at radius 3 is 2.36 bits per heavy atom. The van der Waals surface area contributed by atoms with E-state index in [9.17, 15) is 17.6 Å². The maximum atomic E-state index is 13.9. The molecular formula is C22H20FNO3S. The number of rotatable bonds is 6. The summed E-state index contributed by atoms with van der Waals surface area (Å²) in [5, 5.41) is 2.75. The van der Waals surface area contributed by atoms with Crippen LogP contribution in [0.15, 0.2) is 83.8 Å². The van der Waals surface area contributed by atoms with Crippen molar-refractivity contribution in [3.05, 3.63) is 101 Å². The van der Waals surface area contributed by atoms with Gasteiger partial charge in [-0.05, 0) is 42.8 Å². The van der Waals surface area contributed by atoms with Gasteiger partial charge in [-0.25, -0.2) is 12.8 Å². The van der Waals surface area contributed by atoms with Gasteiger partial charge in [-0.1, -0.05) is 48.5 Å². The van der Waals surface area contributed by atoms with Crippen LogP contribution in [-0.2, 0) is 15.6 Å². The molecule has 0 aliphatic heterocycles. The second kappa shape index (κ2) is 8.35. The Hall–Kier alpha value is -2.99. The zero-order valence-corrected chi connectivity index (χ0v) is 16.1. The Bertz CT molecular complexity index is 1080. The van der Waals surface area contributed by atoms with Gasteiger partial charge in [0.1, 0.15) is 5.82 Å². The lowest BCUT2D eigenvalue weighted by Crippen LogP contribution is -2.27. The minimum Gasteiger partial charge on any atom is -0.345 e. The van der Waals surface area contributed by atoms with Crippen LogP contribution in [0.2, 0.25) is 0 Å². The van der Waals surface area contributed by atoms with Gasteiger partial charge < -0.3 is 5.32 Å². The van der Waals surface area contributed by atoms with Crippen molar-refractivity contribution in [3.63, 3.8) is 0 Å². The number of halogens is 1. The first-order chi connectivity index (χ1) is 13.4. The number of hydrogen-bond acceptors (Lipinski definition) is 3. The van der Waals surface area contributed by atoms with Crippen molar-refractivity contribution in [2.75, 3.05) is 0 Å². The standard InChI is InChI=1S/C22H20FNO3S/c1-16(20-12-5-6-13-21(20)23)24-22(25)18-9-7-8-17(14-18)15-28(26,27)19-10-3-2-4-11-19/h2-14,16H,15H2,1H3,(H,24,25)/t16-/m1/s1. The van der Waals surface area contributed by atoms with Crippen LogP contribution in [0.1, 0.15) is 34.5 Å². The third-order valence-corrected chi connectivity index (χ3v) is 6.07. The molecule has 0 spiro atoms. The fourth-order valence-electron chi connectivity index (χ4n) is 2.92. The van der Waals surface area contributed by atoms with Crippen molar-refractivity contribution in [3.8, 4) is 0 Å². The zero-order chi connectivity index (χ0) is 20.1. The fourth-order valence-corrected chi connectivity index (χ4v) is 4.27. The zero-order valence-electron chi connectivity index (χ0n) is 15.3. The van der Waals surface area contributed by atoms with E-state index >= 15 is 0 Å². The molecule has 0 saturated heterocycles. The van der Waals surface area contributed by atoms with E-state index in [1.807, 2.05) is 0 Å². The van der Waals surface area contributed by atoms with Crippen molar-refractivity contribution in [1.29, 1.82) is 0 Å². The molecule has 3 aromatic rings. The van der Waals surface area contributed by atoms with Crippen LogP contribution in [0.5, 0.6) is 0 Å². The topological polar surface area (TPSA) is 63.2 Å². The molecule has 3 rings (SSSR count). The van der Waals surface area contributed by atoms with Crippen molar-refractivity contribution in [2.24, 2.45) is 0 Å². The molecule has 28 heavy (non-hydrogen) atoms. The summed E-state index contributed by atoms with van der Waals surface area (Å²) in [6.45, 7) is 1.69. The van der Waals surface area contributed by atoms with Gasteiger partial charge in [-0.15, -0.1) is 0 Å². The molecule has 144 valence electrons. The average molecular weight is 397 g/mol. The van der Waals surface area contributed by atoms with Crippen LogP contribution < -0.4 is 5.32 Å². The summed E-state index contributed by atoms with van der Waals surface area (Å²) >= 11 is 0. The molecule has 0 aliphatic carbocycles. The first-order valence-electron chi connectivity index (χ1n) is 8.79. The number of sulfone groups is 1. The summed E-state index contributed by atoms with van der Waals surface area (Å²) in [4.78, 5) is 12.8. The Labute approximate surface area is 164 Å². The highest BCUT2D eigenvalue weighted by molar-refractivity contribution is 7.90. The van der Waals surface area contributed by atoms with Gasteiger partial charge in [0.15, 0.2) is 9.84 Å². The van der Waals surface area contributed by atoms with Crippen molar-refractivity contribution in [2.45, 2.75) is 23.6 Å². The second-order valence-corrected chi connectivity index (χ2v) is 8.48. The number of carbonyl (C=O) groups excluding carboxylic acids is 1. The maximum Gasteiger partial charge on any atom is 0.251 e. The number of carbonyl (C=O) groups is 1. The third-order valence-electron chi connectivity index (χ3n) is 4.37. The van der Waals surface area contributed by atoms with Gasteiger partial charge in [0.25, 0.3) is 5.91 Å². The minimum atomic E-state index is -3.51. The lowest BCUT2D eigenvalue weighted by atomic mass is 10.1. The largest absolute Gasteiger partial charge is 0.345 e. The van der Waals surface area contributed by atoms with E-state index in [0.29, 0.717) is 16.7 Å². The van der Waals surface area contributed by atoms with Crippen LogP contribution in [0, 0.1) is 5.82 Å². The van der Waals surface area contributed by atoms with E-state index in [1.165, 1.54) is 6.07 Å². The number of hydrogen-bond donors (Lipinski definition) is 1. The Morgan fingerprint density at radius 2 is 1.64 bits per heavy atom. The average Bonchev–Trinajstić information content (AvgIpc) is 2.69. The normalized spacial score (nSPS) is 12.4. The van der Waals surface area contributed by atoms with Crippen molar-refractivity contribution in [1.82, 2.24) is 5.32 Å². The summed E-state index contributed by atoms with van der Waals surface area (Å²) < 4.78 is 39.0. The van der Waals surface area contributed by atoms with Gasteiger partial charge in [0.05, 0.1) is 16.7 Å². The molecule has 0 aliphatic rings. The van der Waals surface area contributed by atoms with Crippen LogP contribution in [0.3, 0.4) is 0 Å². The Kier molecular flexibility index (Phi) is 5.90. The summed E-state index contributed by atoms with van der Waals surface area (Å²) in [5.74, 6) is -0.992. The van der Waals surface area contributed by atoms with E-state index in [4.69, 9.17) is 0 Å². The van der Waals surface area contributed by atoms with E-state index in [1.54, 1.807) is 79.7 Å². The summed E-state index contributed by atoms with van der Waals surface area (Å²) in [5.41, 5.74) is 1.22. The highest BCUT2D eigenvalue weighted by Gasteiger charge is 2.17. The molecule has 0 fully saturated rings. The predicted molar refractivity (Wildman–Crippen MR) is 106 cm³/mol. The number of benzene rings is 3. The first kappa shape index (κ1) is 19.8. The second-order valence-electron chi connectivity index (χ2n) is 6.49. The number of amides is 1. The van der Waals surface area contributed by atoms with Crippen LogP contribution in [0.4, 0.5) is 4.39 Å². The van der Waals surface area contributed by atoms with Gasteiger partial charge in [-0.2, -0.15) is 0 Å². The molecule has 0 bridgehead atoms. The van der Waals surface area contributed by atoms with E-state index < -0.39 is 27.6 Å². The molecule has 1 amide bonds. The molecule has 0 unspecified atom stereocenters. The molecular weight excluding hydrogens is 377 g/mol. The molecule has 0 aromatic heterocycles. The van der Waals surface area contributed by atoms with Crippen LogP contribution >= 0.6 is 0 Å². The summed E-state index contributed by atoms with van der Waals surface area (Å²) in [6.07, 6.45) is 0. The van der Waals surface area contributed by atoms with Gasteiger partial charge in [0.2, 0.25) is 0 Å². The lowest BCUT2D eigenvalue weighted by molar-refractivity contribution is 0.0939. The summed E-state index contributed by atoms with van der Waals surface area (Å²) in [7, 11) is -3.51. The summed E-state index contributed by atoms with van der Waals surface area (Å²) in [6, 6.07) is 20.3. The smallest absolute Gasteiger partial charge is 0.251 e. The first-order valence-corrected chi connectivity index (χ1v) is 10.4. The van der Waals surface area contributed by atoms with E-state index in [0.717, 1.165) is 0 Å². The van der Waals surface area contributed by atoms with E-state index in [2.05, 4.69) is 5.32 Å². The fraction of sp³-hybridized carbons (Fsp3) is 0.136.